The number of aliphatic hydroxyl groups excluding tert-OH is 1. The predicted octanol–water partition coefficient (Wildman–Crippen LogP) is 3.48. The average molecular weight is 272 g/mol. The van der Waals surface area contributed by atoms with Crippen molar-refractivity contribution >= 4 is 0 Å². The second-order valence-electron chi connectivity index (χ2n) is 6.24. The Morgan fingerprint density at radius 1 is 1.15 bits per heavy atom. The molecular weight excluding hydrogens is 248 g/mol. The molecule has 0 fully saturated rings. The second-order valence-corrected chi connectivity index (χ2v) is 6.24. The first-order valence-corrected chi connectivity index (χ1v) is 7.21. The van der Waals surface area contributed by atoms with Gasteiger partial charge in [0.25, 0.3) is 0 Å². The molecule has 0 spiro atoms. The fourth-order valence-electron chi connectivity index (χ4n) is 2.36. The maximum absolute atomic E-state index is 10.3. The van der Waals surface area contributed by atoms with Gasteiger partial charge in [-0.15, -0.1) is 0 Å². The highest BCUT2D eigenvalue weighted by molar-refractivity contribution is 5.28. The minimum atomic E-state index is -0.502. The molecule has 0 radical (unpaired) electrons. The zero-order chi connectivity index (χ0) is 14.8. The lowest BCUT2D eigenvalue weighted by Gasteiger charge is -2.19. The first-order valence-electron chi connectivity index (χ1n) is 7.21. The molecule has 0 aliphatic carbocycles. The smallest absolute Gasteiger partial charge is 0.0996 e. The fraction of sp³-hybridized carbons (Fsp3) is 0.471. The van der Waals surface area contributed by atoms with Crippen molar-refractivity contribution in [2.75, 3.05) is 0 Å². The van der Waals surface area contributed by atoms with Gasteiger partial charge < -0.3 is 5.11 Å². The molecule has 108 valence electrons. The minimum absolute atomic E-state index is 0.165. The molecule has 1 N–H and O–H groups in total. The van der Waals surface area contributed by atoms with Gasteiger partial charge in [-0.3, -0.25) is 4.68 Å². The largest absolute Gasteiger partial charge is 0.386 e. The van der Waals surface area contributed by atoms with Crippen molar-refractivity contribution in [1.29, 1.82) is 0 Å². The van der Waals surface area contributed by atoms with Crippen LogP contribution in [-0.2, 0) is 18.4 Å². The van der Waals surface area contributed by atoms with E-state index in [1.807, 2.05) is 17.7 Å². The van der Waals surface area contributed by atoms with Gasteiger partial charge >= 0.3 is 0 Å². The van der Waals surface area contributed by atoms with Crippen LogP contribution < -0.4 is 0 Å². The summed E-state index contributed by atoms with van der Waals surface area (Å²) < 4.78 is 1.84. The normalized spacial score (nSPS) is 13.4. The topological polar surface area (TPSA) is 38.0 Å². The molecule has 2 aromatic rings. The molecule has 3 nitrogen and oxygen atoms in total. The van der Waals surface area contributed by atoms with Crippen LogP contribution in [0.1, 0.15) is 50.6 Å². The predicted molar refractivity (Wildman–Crippen MR) is 81.7 cm³/mol. The number of aryl methyl sites for hydroxylation is 1. The van der Waals surface area contributed by atoms with Crippen molar-refractivity contribution in [2.45, 2.75) is 52.2 Å². The molecule has 0 amide bonds. The highest BCUT2D eigenvalue weighted by Crippen LogP contribution is 2.24. The van der Waals surface area contributed by atoms with Gasteiger partial charge in [0.1, 0.15) is 0 Å². The molecule has 0 bridgehead atoms. The molecule has 1 aromatic carbocycles. The van der Waals surface area contributed by atoms with Crippen LogP contribution in [0.15, 0.2) is 36.5 Å². The highest BCUT2D eigenvalue weighted by Gasteiger charge is 2.15. The lowest BCUT2D eigenvalue weighted by molar-refractivity contribution is 0.167. The Hall–Kier alpha value is -1.61. The average Bonchev–Trinajstić information content (AvgIpc) is 2.86. The Morgan fingerprint density at radius 2 is 1.80 bits per heavy atom. The maximum atomic E-state index is 10.3. The van der Waals surface area contributed by atoms with E-state index >= 15 is 0 Å². The monoisotopic (exact) mass is 272 g/mol. The standard InChI is InChI=1S/C17H24N2O/c1-5-19-15(10-11-18-19)16(20)12-13-6-8-14(9-7-13)17(2,3)4/h6-11,16,20H,5,12H2,1-4H3. The number of hydrogen-bond acceptors (Lipinski definition) is 2. The Balaban J connectivity index is 2.10. The fourth-order valence-corrected chi connectivity index (χ4v) is 2.36. The lowest BCUT2D eigenvalue weighted by atomic mass is 9.86. The summed E-state index contributed by atoms with van der Waals surface area (Å²) >= 11 is 0. The number of benzene rings is 1. The third kappa shape index (κ3) is 3.28. The van der Waals surface area contributed by atoms with Crippen LogP contribution in [0.4, 0.5) is 0 Å². The summed E-state index contributed by atoms with van der Waals surface area (Å²) in [5.74, 6) is 0. The minimum Gasteiger partial charge on any atom is -0.386 e. The van der Waals surface area contributed by atoms with Crippen molar-refractivity contribution in [2.24, 2.45) is 0 Å². The van der Waals surface area contributed by atoms with Crippen molar-refractivity contribution in [1.82, 2.24) is 9.78 Å². The third-order valence-corrected chi connectivity index (χ3v) is 3.64. The molecule has 0 aliphatic heterocycles. The van der Waals surface area contributed by atoms with Gasteiger partial charge in [-0.1, -0.05) is 45.0 Å². The van der Waals surface area contributed by atoms with Gasteiger partial charge in [0.15, 0.2) is 0 Å². The quantitative estimate of drug-likeness (QED) is 0.925. The van der Waals surface area contributed by atoms with E-state index in [-0.39, 0.29) is 5.41 Å². The van der Waals surface area contributed by atoms with Crippen LogP contribution in [0.3, 0.4) is 0 Å². The number of aromatic nitrogens is 2. The Bertz CT molecular complexity index is 549. The van der Waals surface area contributed by atoms with E-state index in [4.69, 9.17) is 0 Å². The summed E-state index contributed by atoms with van der Waals surface area (Å²) in [5, 5.41) is 14.5. The first-order chi connectivity index (χ1) is 9.41. The summed E-state index contributed by atoms with van der Waals surface area (Å²) in [6, 6.07) is 10.4. The molecule has 0 saturated carbocycles. The summed E-state index contributed by atoms with van der Waals surface area (Å²) in [6.45, 7) is 9.42. The van der Waals surface area contributed by atoms with Gasteiger partial charge in [0.05, 0.1) is 11.8 Å². The summed E-state index contributed by atoms with van der Waals surface area (Å²) in [5.41, 5.74) is 3.51. The van der Waals surface area contributed by atoms with Crippen LogP contribution in [0.5, 0.6) is 0 Å². The molecule has 1 heterocycles. The van der Waals surface area contributed by atoms with E-state index in [1.54, 1.807) is 6.20 Å². The van der Waals surface area contributed by atoms with Crippen LogP contribution in [0.25, 0.3) is 0 Å². The second kappa shape index (κ2) is 5.80. The summed E-state index contributed by atoms with van der Waals surface area (Å²) in [6.07, 6.45) is 1.86. The molecule has 1 aromatic heterocycles. The zero-order valence-electron chi connectivity index (χ0n) is 12.8. The summed E-state index contributed by atoms with van der Waals surface area (Å²) in [4.78, 5) is 0. The number of rotatable bonds is 4. The van der Waals surface area contributed by atoms with Crippen LogP contribution in [0, 0.1) is 0 Å². The van der Waals surface area contributed by atoms with Gasteiger partial charge in [-0.25, -0.2) is 0 Å². The molecule has 2 rings (SSSR count). The van der Waals surface area contributed by atoms with E-state index in [9.17, 15) is 5.11 Å². The molecule has 3 heteroatoms. The van der Waals surface area contributed by atoms with Crippen LogP contribution >= 0.6 is 0 Å². The van der Waals surface area contributed by atoms with Crippen molar-refractivity contribution < 1.29 is 5.11 Å². The Labute approximate surface area is 121 Å². The molecule has 1 unspecified atom stereocenters. The van der Waals surface area contributed by atoms with E-state index in [0.717, 1.165) is 17.8 Å². The molecular formula is C17H24N2O. The van der Waals surface area contributed by atoms with Crippen molar-refractivity contribution in [3.05, 3.63) is 53.3 Å². The SMILES string of the molecule is CCn1nccc1C(O)Cc1ccc(C(C)(C)C)cc1. The summed E-state index contributed by atoms with van der Waals surface area (Å²) in [7, 11) is 0. The van der Waals surface area contributed by atoms with E-state index in [1.165, 1.54) is 5.56 Å². The zero-order valence-corrected chi connectivity index (χ0v) is 12.8. The van der Waals surface area contributed by atoms with Crippen molar-refractivity contribution in [3.8, 4) is 0 Å². The van der Waals surface area contributed by atoms with E-state index < -0.39 is 6.10 Å². The van der Waals surface area contributed by atoms with Gasteiger partial charge in [0, 0.05) is 19.2 Å². The first kappa shape index (κ1) is 14.8. The maximum Gasteiger partial charge on any atom is 0.0996 e. The number of hydrogen-bond donors (Lipinski definition) is 1. The van der Waals surface area contributed by atoms with E-state index in [2.05, 4.69) is 50.1 Å². The highest BCUT2D eigenvalue weighted by atomic mass is 16.3. The van der Waals surface area contributed by atoms with Crippen molar-refractivity contribution in [3.63, 3.8) is 0 Å². The molecule has 0 saturated heterocycles. The Kier molecular flexibility index (Phi) is 4.29. The van der Waals surface area contributed by atoms with Gasteiger partial charge in [0.2, 0.25) is 0 Å². The van der Waals surface area contributed by atoms with Crippen LogP contribution in [0.2, 0.25) is 0 Å². The number of nitrogens with zero attached hydrogens (tertiary/aromatic N) is 2. The van der Waals surface area contributed by atoms with Crippen LogP contribution in [-0.4, -0.2) is 14.9 Å². The Morgan fingerprint density at radius 3 is 2.35 bits per heavy atom. The van der Waals surface area contributed by atoms with Gasteiger partial charge in [-0.05, 0) is 29.5 Å². The van der Waals surface area contributed by atoms with Gasteiger partial charge in [-0.2, -0.15) is 5.10 Å². The lowest BCUT2D eigenvalue weighted by Crippen LogP contribution is -2.12. The molecule has 20 heavy (non-hydrogen) atoms. The van der Waals surface area contributed by atoms with E-state index in [0.29, 0.717) is 6.42 Å². The molecule has 0 aliphatic rings. The number of aliphatic hydroxyl groups is 1. The third-order valence-electron chi connectivity index (χ3n) is 3.64. The molecule has 1 atom stereocenters.